The Bertz CT molecular complexity index is 212. The van der Waals surface area contributed by atoms with Crippen molar-refractivity contribution in [2.24, 2.45) is 0 Å². The zero-order valence-corrected chi connectivity index (χ0v) is 6.42. The Balaban J connectivity index is 2.09. The van der Waals surface area contributed by atoms with Gasteiger partial charge in [-0.2, -0.15) is 5.26 Å². The summed E-state index contributed by atoms with van der Waals surface area (Å²) < 4.78 is 5.62. The third-order valence-electron chi connectivity index (χ3n) is 2.44. The smallest absolute Gasteiger partial charge is 0.0911 e. The molecule has 0 aromatic carbocycles. The van der Waals surface area contributed by atoms with Gasteiger partial charge in [0.2, 0.25) is 0 Å². The fourth-order valence-electron chi connectivity index (χ4n) is 1.96. The first-order chi connectivity index (χ1) is 5.38. The summed E-state index contributed by atoms with van der Waals surface area (Å²) in [6, 6.07) is 2.09. The van der Waals surface area contributed by atoms with Gasteiger partial charge in [-0.1, -0.05) is 5.57 Å². The molecule has 2 atom stereocenters. The van der Waals surface area contributed by atoms with Crippen molar-refractivity contribution >= 4 is 0 Å². The second-order valence-electron chi connectivity index (χ2n) is 3.30. The Labute approximate surface area is 66.5 Å². The molecule has 2 unspecified atom stereocenters. The summed E-state index contributed by atoms with van der Waals surface area (Å²) in [6.07, 6.45) is 6.89. The first-order valence-electron chi connectivity index (χ1n) is 4.11. The quantitative estimate of drug-likeness (QED) is 0.492. The van der Waals surface area contributed by atoms with Crippen molar-refractivity contribution in [3.63, 3.8) is 0 Å². The van der Waals surface area contributed by atoms with Gasteiger partial charge in [-0.25, -0.2) is 0 Å². The molecule has 2 rings (SSSR count). The summed E-state index contributed by atoms with van der Waals surface area (Å²) in [5.41, 5.74) is 1.28. The molecular weight excluding hydrogens is 138 g/mol. The van der Waals surface area contributed by atoms with Gasteiger partial charge in [0.15, 0.2) is 0 Å². The Morgan fingerprint density at radius 2 is 2.00 bits per heavy atom. The number of hydrogen-bond acceptors (Lipinski definition) is 2. The minimum absolute atomic E-state index is 0.424. The number of allylic oxidation sites excluding steroid dienone is 1. The Morgan fingerprint density at radius 3 is 2.55 bits per heavy atom. The van der Waals surface area contributed by atoms with Gasteiger partial charge in [0.25, 0.3) is 0 Å². The number of rotatable bonds is 0. The molecule has 2 aliphatic rings. The van der Waals surface area contributed by atoms with Crippen molar-refractivity contribution in [1.29, 1.82) is 5.26 Å². The maximum absolute atomic E-state index is 8.44. The molecule has 0 spiro atoms. The van der Waals surface area contributed by atoms with E-state index in [4.69, 9.17) is 10.00 Å². The van der Waals surface area contributed by atoms with E-state index >= 15 is 0 Å². The minimum atomic E-state index is 0.424. The summed E-state index contributed by atoms with van der Waals surface area (Å²) in [5.74, 6) is 0. The number of nitrogens with zero attached hydrogens (tertiary/aromatic N) is 1. The van der Waals surface area contributed by atoms with Crippen LogP contribution >= 0.6 is 0 Å². The number of fused-ring (bicyclic) bond motifs is 2. The number of hydrogen-bond donors (Lipinski definition) is 0. The molecule has 0 aliphatic carbocycles. The molecule has 0 aromatic rings. The Hall–Kier alpha value is -0.810. The van der Waals surface area contributed by atoms with E-state index < -0.39 is 0 Å². The summed E-state index contributed by atoms with van der Waals surface area (Å²) in [6.45, 7) is 0. The molecule has 0 radical (unpaired) electrons. The van der Waals surface area contributed by atoms with Crippen molar-refractivity contribution in [1.82, 2.24) is 0 Å². The molecule has 2 heteroatoms. The van der Waals surface area contributed by atoms with Gasteiger partial charge in [-0.15, -0.1) is 0 Å². The maximum Gasteiger partial charge on any atom is 0.0911 e. The lowest BCUT2D eigenvalue weighted by Crippen LogP contribution is -2.18. The zero-order valence-electron chi connectivity index (χ0n) is 6.42. The largest absolute Gasteiger partial charge is 0.374 e. The summed E-state index contributed by atoms with van der Waals surface area (Å²) >= 11 is 0. The minimum Gasteiger partial charge on any atom is -0.374 e. The van der Waals surface area contributed by atoms with E-state index in [9.17, 15) is 0 Å². The molecule has 11 heavy (non-hydrogen) atoms. The average Bonchev–Trinajstić information content (AvgIpc) is 2.32. The lowest BCUT2D eigenvalue weighted by molar-refractivity contribution is 0.0258. The van der Waals surface area contributed by atoms with Crippen LogP contribution in [0.15, 0.2) is 11.6 Å². The molecule has 2 bridgehead atoms. The highest BCUT2D eigenvalue weighted by molar-refractivity contribution is 5.17. The van der Waals surface area contributed by atoms with Crippen LogP contribution < -0.4 is 0 Å². The van der Waals surface area contributed by atoms with Crippen LogP contribution in [0.3, 0.4) is 0 Å². The van der Waals surface area contributed by atoms with E-state index in [0.717, 1.165) is 12.8 Å². The lowest BCUT2D eigenvalue weighted by Gasteiger charge is -2.21. The van der Waals surface area contributed by atoms with Crippen molar-refractivity contribution in [3.8, 4) is 6.07 Å². The molecule has 58 valence electrons. The van der Waals surface area contributed by atoms with Crippen LogP contribution in [0.25, 0.3) is 0 Å². The zero-order chi connectivity index (χ0) is 7.68. The molecule has 2 aliphatic heterocycles. The fraction of sp³-hybridized carbons (Fsp3) is 0.667. The summed E-state index contributed by atoms with van der Waals surface area (Å²) in [5, 5.41) is 8.44. The van der Waals surface area contributed by atoms with E-state index in [-0.39, 0.29) is 0 Å². The van der Waals surface area contributed by atoms with Crippen LogP contribution in [-0.4, -0.2) is 12.2 Å². The standard InChI is InChI=1S/C9H11NO/c10-4-3-7-5-8-1-2-9(6-7)11-8/h3,8-9H,1-2,5-6H2. The monoisotopic (exact) mass is 149 g/mol. The number of nitriles is 1. The third kappa shape index (κ3) is 1.29. The van der Waals surface area contributed by atoms with Gasteiger partial charge in [-0.05, 0) is 25.7 Å². The second-order valence-corrected chi connectivity index (χ2v) is 3.30. The Morgan fingerprint density at radius 1 is 1.36 bits per heavy atom. The van der Waals surface area contributed by atoms with Crippen molar-refractivity contribution in [3.05, 3.63) is 11.6 Å². The summed E-state index contributed by atoms with van der Waals surface area (Å²) in [4.78, 5) is 0. The van der Waals surface area contributed by atoms with Crippen LogP contribution in [0.5, 0.6) is 0 Å². The molecule has 2 nitrogen and oxygen atoms in total. The van der Waals surface area contributed by atoms with Gasteiger partial charge in [-0.3, -0.25) is 0 Å². The van der Waals surface area contributed by atoms with Gasteiger partial charge >= 0.3 is 0 Å². The molecule has 0 amide bonds. The van der Waals surface area contributed by atoms with Crippen LogP contribution in [-0.2, 0) is 4.74 Å². The second kappa shape index (κ2) is 2.67. The molecule has 2 heterocycles. The predicted octanol–water partition coefficient (Wildman–Crippen LogP) is 1.78. The highest BCUT2D eigenvalue weighted by atomic mass is 16.5. The van der Waals surface area contributed by atoms with Crippen molar-refractivity contribution in [2.45, 2.75) is 37.9 Å². The third-order valence-corrected chi connectivity index (χ3v) is 2.44. The first kappa shape index (κ1) is 6.87. The molecule has 0 saturated carbocycles. The van der Waals surface area contributed by atoms with Crippen LogP contribution in [0.4, 0.5) is 0 Å². The van der Waals surface area contributed by atoms with Crippen LogP contribution in [0.1, 0.15) is 25.7 Å². The van der Waals surface area contributed by atoms with E-state index in [0.29, 0.717) is 12.2 Å². The van der Waals surface area contributed by atoms with Crippen molar-refractivity contribution in [2.75, 3.05) is 0 Å². The normalized spacial score (nSPS) is 35.0. The molecule has 0 aromatic heterocycles. The van der Waals surface area contributed by atoms with Gasteiger partial charge in [0.1, 0.15) is 0 Å². The topological polar surface area (TPSA) is 33.0 Å². The van der Waals surface area contributed by atoms with E-state index in [1.807, 2.05) is 0 Å². The highest BCUT2D eigenvalue weighted by Crippen LogP contribution is 2.35. The van der Waals surface area contributed by atoms with Crippen LogP contribution in [0, 0.1) is 11.3 Å². The van der Waals surface area contributed by atoms with Gasteiger partial charge < -0.3 is 4.74 Å². The average molecular weight is 149 g/mol. The molecule has 0 N–H and O–H groups in total. The van der Waals surface area contributed by atoms with E-state index in [1.165, 1.54) is 18.4 Å². The lowest BCUT2D eigenvalue weighted by atomic mass is 10.0. The summed E-state index contributed by atoms with van der Waals surface area (Å²) in [7, 11) is 0. The van der Waals surface area contributed by atoms with Crippen LogP contribution in [0.2, 0.25) is 0 Å². The number of ether oxygens (including phenoxy) is 1. The maximum atomic E-state index is 8.44. The van der Waals surface area contributed by atoms with E-state index in [1.54, 1.807) is 6.08 Å². The van der Waals surface area contributed by atoms with Gasteiger partial charge in [0, 0.05) is 6.08 Å². The Kier molecular flexibility index (Phi) is 1.67. The first-order valence-corrected chi connectivity index (χ1v) is 4.11. The molecule has 2 fully saturated rings. The molecule has 2 saturated heterocycles. The highest BCUT2D eigenvalue weighted by Gasteiger charge is 2.31. The van der Waals surface area contributed by atoms with E-state index in [2.05, 4.69) is 6.07 Å². The predicted molar refractivity (Wildman–Crippen MR) is 40.8 cm³/mol. The van der Waals surface area contributed by atoms with Gasteiger partial charge in [0.05, 0.1) is 18.3 Å². The van der Waals surface area contributed by atoms with Crippen molar-refractivity contribution < 1.29 is 4.74 Å². The SMILES string of the molecule is N#CC=C1CC2CCC(C1)O2. The molecular formula is C9H11NO. The fourth-order valence-corrected chi connectivity index (χ4v) is 1.96.